The van der Waals surface area contributed by atoms with Gasteiger partial charge in [-0.1, -0.05) is 15.9 Å². The molecule has 1 atom stereocenters. The first kappa shape index (κ1) is 21.2. The van der Waals surface area contributed by atoms with E-state index in [2.05, 4.69) is 58.9 Å². The minimum atomic E-state index is -4.83. The highest BCUT2D eigenvalue weighted by Crippen LogP contribution is 2.34. The number of rotatable bonds is 6. The predicted molar refractivity (Wildman–Crippen MR) is 116 cm³/mol. The number of benzene rings is 1. The fraction of sp³-hybridized carbons (Fsp3) is 0.105. The van der Waals surface area contributed by atoms with E-state index >= 15 is 0 Å². The highest BCUT2D eigenvalue weighted by Gasteiger charge is 2.32. The van der Waals surface area contributed by atoms with Crippen LogP contribution in [-0.2, 0) is 0 Å². The van der Waals surface area contributed by atoms with Crippen molar-refractivity contribution >= 4 is 51.3 Å². The summed E-state index contributed by atoms with van der Waals surface area (Å²) in [6, 6.07) is 11.1. The van der Waals surface area contributed by atoms with Crippen molar-refractivity contribution in [2.24, 2.45) is 0 Å². The van der Waals surface area contributed by atoms with E-state index in [-0.39, 0.29) is 5.69 Å². The molecule has 0 amide bonds. The van der Waals surface area contributed by atoms with E-state index in [1.165, 1.54) is 18.3 Å². The standard InChI is InChI=1S/C19H13BrF3N5O2S/c20-11-3-4-12(14(9-11)30-19(21,22)23)26-18(31)27-15-8-10(5-7-24-15)17-28-16-13(29-17)2-1-6-25-16/h1-9,18,26,31H,(H,24,27). The summed E-state index contributed by atoms with van der Waals surface area (Å²) in [4.78, 5) is 12.7. The lowest BCUT2D eigenvalue weighted by atomic mass is 10.2. The zero-order valence-corrected chi connectivity index (χ0v) is 17.9. The molecule has 0 aliphatic carbocycles. The van der Waals surface area contributed by atoms with Crippen molar-refractivity contribution in [1.82, 2.24) is 15.0 Å². The largest absolute Gasteiger partial charge is 0.573 e. The van der Waals surface area contributed by atoms with Crippen molar-refractivity contribution in [2.75, 3.05) is 10.6 Å². The molecule has 4 aromatic rings. The van der Waals surface area contributed by atoms with Crippen LogP contribution in [-0.4, -0.2) is 26.8 Å². The van der Waals surface area contributed by atoms with Gasteiger partial charge < -0.3 is 19.8 Å². The van der Waals surface area contributed by atoms with Crippen LogP contribution in [0.15, 0.2) is 63.7 Å². The molecule has 0 radical (unpaired) electrons. The number of alkyl halides is 3. The summed E-state index contributed by atoms with van der Waals surface area (Å²) in [7, 11) is 0. The molecule has 0 fully saturated rings. The lowest BCUT2D eigenvalue weighted by Gasteiger charge is -2.20. The lowest BCUT2D eigenvalue weighted by molar-refractivity contribution is -0.274. The number of hydrogen-bond donors (Lipinski definition) is 3. The Morgan fingerprint density at radius 1 is 1.06 bits per heavy atom. The number of nitrogens with zero attached hydrogens (tertiary/aromatic N) is 3. The number of ether oxygens (including phenoxy) is 1. The molecule has 12 heteroatoms. The Morgan fingerprint density at radius 2 is 1.90 bits per heavy atom. The number of fused-ring (bicyclic) bond motifs is 1. The molecule has 1 aromatic carbocycles. The summed E-state index contributed by atoms with van der Waals surface area (Å²) >= 11 is 7.47. The van der Waals surface area contributed by atoms with Crippen molar-refractivity contribution in [3.05, 3.63) is 59.3 Å². The highest BCUT2D eigenvalue weighted by atomic mass is 79.9. The van der Waals surface area contributed by atoms with Gasteiger partial charge in [0.1, 0.15) is 11.3 Å². The number of nitrogens with one attached hydrogen (secondary N) is 2. The van der Waals surface area contributed by atoms with Gasteiger partial charge in [0, 0.05) is 22.4 Å². The van der Waals surface area contributed by atoms with Gasteiger partial charge in [0.05, 0.1) is 5.69 Å². The number of aromatic nitrogens is 3. The van der Waals surface area contributed by atoms with Crippen LogP contribution in [0.5, 0.6) is 5.75 Å². The highest BCUT2D eigenvalue weighted by molar-refractivity contribution is 9.10. The Bertz CT molecular complexity index is 1190. The van der Waals surface area contributed by atoms with E-state index in [1.54, 1.807) is 36.5 Å². The minimum Gasteiger partial charge on any atom is -0.434 e. The molecule has 0 saturated heterocycles. The molecule has 160 valence electrons. The molecule has 31 heavy (non-hydrogen) atoms. The molecule has 0 aliphatic rings. The third-order valence-electron chi connectivity index (χ3n) is 3.92. The quantitative estimate of drug-likeness (QED) is 0.226. The Morgan fingerprint density at radius 3 is 2.68 bits per heavy atom. The molecule has 3 heterocycles. The third-order valence-corrected chi connectivity index (χ3v) is 4.67. The Kier molecular flexibility index (Phi) is 5.92. The second kappa shape index (κ2) is 8.63. The van der Waals surface area contributed by atoms with Crippen LogP contribution in [0.2, 0.25) is 0 Å². The summed E-state index contributed by atoms with van der Waals surface area (Å²) < 4.78 is 48.3. The van der Waals surface area contributed by atoms with Crippen molar-refractivity contribution in [2.45, 2.75) is 11.9 Å². The van der Waals surface area contributed by atoms with Gasteiger partial charge in [-0.05, 0) is 42.5 Å². The Hall–Kier alpha value is -2.99. The van der Waals surface area contributed by atoms with Gasteiger partial charge in [-0.2, -0.15) is 4.98 Å². The second-order valence-corrected chi connectivity index (χ2v) is 7.59. The number of pyridine rings is 2. The van der Waals surface area contributed by atoms with E-state index in [0.717, 1.165) is 0 Å². The Labute approximate surface area is 187 Å². The van der Waals surface area contributed by atoms with Crippen LogP contribution in [0, 0.1) is 0 Å². The monoisotopic (exact) mass is 511 g/mol. The van der Waals surface area contributed by atoms with Gasteiger partial charge in [-0.3, -0.25) is 0 Å². The predicted octanol–water partition coefficient (Wildman–Crippen LogP) is 5.68. The summed E-state index contributed by atoms with van der Waals surface area (Å²) in [5.41, 5.74) is 0.967. The zero-order chi connectivity index (χ0) is 22.0. The fourth-order valence-corrected chi connectivity index (χ4v) is 3.29. The van der Waals surface area contributed by atoms with Crippen LogP contribution in [0.3, 0.4) is 0 Å². The van der Waals surface area contributed by atoms with E-state index < -0.39 is 17.6 Å². The number of oxazole rings is 1. The average molecular weight is 512 g/mol. The molecule has 1 unspecified atom stereocenters. The van der Waals surface area contributed by atoms with Gasteiger partial charge in [-0.25, -0.2) is 9.97 Å². The molecule has 7 nitrogen and oxygen atoms in total. The molecule has 0 bridgehead atoms. The topological polar surface area (TPSA) is 85.1 Å². The minimum absolute atomic E-state index is 0.0919. The first-order chi connectivity index (χ1) is 14.8. The van der Waals surface area contributed by atoms with Crippen molar-refractivity contribution in [3.8, 4) is 17.2 Å². The van der Waals surface area contributed by atoms with E-state index in [0.29, 0.717) is 33.0 Å². The van der Waals surface area contributed by atoms with Gasteiger partial charge in [-0.15, -0.1) is 25.8 Å². The van der Waals surface area contributed by atoms with E-state index in [1.807, 2.05) is 0 Å². The SMILES string of the molecule is FC(F)(F)Oc1cc(Br)ccc1NC(S)Nc1cc(-c2nc3ncccc3o2)ccn1. The number of hydrogen-bond acceptors (Lipinski definition) is 8. The van der Waals surface area contributed by atoms with Gasteiger partial charge in [0.15, 0.2) is 17.0 Å². The summed E-state index contributed by atoms with van der Waals surface area (Å²) in [5, 5.41) is 5.76. The summed E-state index contributed by atoms with van der Waals surface area (Å²) in [6.07, 6.45) is -1.68. The maximum Gasteiger partial charge on any atom is 0.573 e. The fourth-order valence-electron chi connectivity index (χ4n) is 2.68. The maximum atomic E-state index is 12.7. The average Bonchev–Trinajstić information content (AvgIpc) is 3.13. The number of anilines is 2. The molecule has 0 aliphatic heterocycles. The lowest BCUT2D eigenvalue weighted by Crippen LogP contribution is -2.24. The van der Waals surface area contributed by atoms with Crippen LogP contribution >= 0.6 is 28.6 Å². The first-order valence-electron chi connectivity index (χ1n) is 8.71. The van der Waals surface area contributed by atoms with Crippen LogP contribution in [0.4, 0.5) is 24.7 Å². The van der Waals surface area contributed by atoms with Crippen molar-refractivity contribution in [3.63, 3.8) is 0 Å². The molecule has 4 rings (SSSR count). The second-order valence-electron chi connectivity index (χ2n) is 6.15. The number of thiol groups is 1. The van der Waals surface area contributed by atoms with Crippen LogP contribution < -0.4 is 15.4 Å². The Balaban J connectivity index is 1.51. The molecular weight excluding hydrogens is 499 g/mol. The molecular formula is C19H13BrF3N5O2S. The van der Waals surface area contributed by atoms with Crippen molar-refractivity contribution < 1.29 is 22.3 Å². The maximum absolute atomic E-state index is 12.7. The number of halogens is 4. The van der Waals surface area contributed by atoms with Crippen molar-refractivity contribution in [1.29, 1.82) is 0 Å². The normalized spacial score (nSPS) is 12.5. The van der Waals surface area contributed by atoms with E-state index in [4.69, 9.17) is 4.42 Å². The molecule has 0 spiro atoms. The third kappa shape index (κ3) is 5.39. The van der Waals surface area contributed by atoms with Crippen LogP contribution in [0.25, 0.3) is 22.7 Å². The first-order valence-corrected chi connectivity index (χ1v) is 10.0. The van der Waals surface area contributed by atoms with Gasteiger partial charge >= 0.3 is 6.36 Å². The van der Waals surface area contributed by atoms with Gasteiger partial charge in [0.25, 0.3) is 0 Å². The summed E-state index contributed by atoms with van der Waals surface area (Å²) in [6.45, 7) is 0. The summed E-state index contributed by atoms with van der Waals surface area (Å²) in [5.74, 6) is 0.357. The van der Waals surface area contributed by atoms with Crippen LogP contribution in [0.1, 0.15) is 0 Å². The molecule has 2 N–H and O–H groups in total. The van der Waals surface area contributed by atoms with E-state index in [9.17, 15) is 13.2 Å². The molecule has 3 aromatic heterocycles. The van der Waals surface area contributed by atoms with Gasteiger partial charge in [0.2, 0.25) is 5.89 Å². The zero-order valence-electron chi connectivity index (χ0n) is 15.4. The smallest absolute Gasteiger partial charge is 0.434 e. The molecule has 0 saturated carbocycles.